The quantitative estimate of drug-likeness (QED) is 0.151. The van der Waals surface area contributed by atoms with Crippen LogP contribution in [0.2, 0.25) is 0 Å². The number of fused-ring (bicyclic) bond motifs is 12. The van der Waals surface area contributed by atoms with Gasteiger partial charge in [0.1, 0.15) is 0 Å². The third-order valence-electron chi connectivity index (χ3n) is 18.9. The van der Waals surface area contributed by atoms with Crippen LogP contribution in [-0.2, 0) is 16.2 Å². The molecule has 4 nitrogen and oxygen atoms in total. The van der Waals surface area contributed by atoms with Gasteiger partial charge in [-0.15, -0.1) is 0 Å². The molecule has 0 aliphatic heterocycles. The van der Waals surface area contributed by atoms with Crippen molar-refractivity contribution in [3.05, 3.63) is 247 Å². The summed E-state index contributed by atoms with van der Waals surface area (Å²) < 4.78 is 5.34. The molecule has 0 fully saturated rings. The summed E-state index contributed by atoms with van der Waals surface area (Å²) in [5, 5.41) is 10.2. The number of rotatable bonds is 8. The van der Waals surface area contributed by atoms with Crippen molar-refractivity contribution in [1.82, 2.24) is 8.80 Å². The van der Waals surface area contributed by atoms with Crippen LogP contribution in [0.4, 0.5) is 28.4 Å². The minimum Gasteiger partial charge on any atom is -0.333 e. The highest BCUT2D eigenvalue weighted by Crippen LogP contribution is 2.54. The molecule has 1 aliphatic rings. The van der Waals surface area contributed by atoms with Crippen LogP contribution in [0.3, 0.4) is 0 Å². The molecule has 1 aliphatic carbocycles. The minimum atomic E-state index is -0.152. The van der Waals surface area contributed by atoms with Crippen LogP contribution in [0, 0.1) is 5.41 Å². The molecule has 0 radical (unpaired) electrons. The standard InChI is InChI=1S/C82H76N4/c1-79(2,3)53-37-41-55(42-38-53)83(67-35-21-19-29-57(67)51-25-15-13-16-26-51)69-47-45-59-63-49-72-64(50-71(63)85-75-61(73(69)77(59)85)31-23-33-65(75)81(7,8)9)60-46-48-70(74-62-32-24-34-66(82(10,11)12)76(62)86(72)78(60)74)84(56-43-39-54(40-44-56)80(4,5)6)68-36-22-20-30-58(68)52-27-17-14-18-28-52/h13-43,45-50,56H,44H2,1-12H3. The van der Waals surface area contributed by atoms with Gasteiger partial charge in [0.25, 0.3) is 0 Å². The first-order valence-electron chi connectivity index (χ1n) is 31.0. The lowest BCUT2D eigenvalue weighted by molar-refractivity contribution is 0.510. The Balaban J connectivity index is 1.05. The molecule has 0 bridgehead atoms. The maximum Gasteiger partial charge on any atom is 0.0641 e. The molecule has 424 valence electrons. The molecule has 4 heteroatoms. The summed E-state index contributed by atoms with van der Waals surface area (Å²) in [7, 11) is 0. The first kappa shape index (κ1) is 53.6. The molecule has 1 atom stereocenters. The number of benzene rings is 10. The van der Waals surface area contributed by atoms with Crippen LogP contribution < -0.4 is 9.80 Å². The number of allylic oxidation sites excluding steroid dienone is 2. The monoisotopic (exact) mass is 1120 g/mol. The van der Waals surface area contributed by atoms with Gasteiger partial charge in [-0.3, -0.25) is 0 Å². The molecule has 14 aromatic rings. The SMILES string of the molecule is CC(C)(C)C1=CCC(N(c2ccccc2-c2ccccc2)c2ccc3c4cc5c(cc4n4c6c(C(C)(C)C)cccc6c2c34)c2ccc(N(c3ccc(C(C)(C)C)cc3)c3ccccc3-c3ccccc3)c3c4cccc(C(C)(C)C)c4n5c23)C=C1. The molecule has 0 saturated heterocycles. The van der Waals surface area contributed by atoms with Gasteiger partial charge in [-0.1, -0.05) is 259 Å². The summed E-state index contributed by atoms with van der Waals surface area (Å²) in [4.78, 5) is 5.22. The Bertz CT molecular complexity index is 5040. The van der Waals surface area contributed by atoms with Crippen LogP contribution in [0.5, 0.6) is 0 Å². The van der Waals surface area contributed by atoms with Gasteiger partial charge in [0.15, 0.2) is 0 Å². The van der Waals surface area contributed by atoms with Crippen molar-refractivity contribution in [3.8, 4) is 22.3 Å². The van der Waals surface area contributed by atoms with Crippen molar-refractivity contribution in [2.24, 2.45) is 5.41 Å². The fourth-order valence-corrected chi connectivity index (χ4v) is 14.7. The second-order valence-electron chi connectivity index (χ2n) is 28.5. The molecular weight excluding hydrogens is 1040 g/mol. The van der Waals surface area contributed by atoms with Crippen molar-refractivity contribution >= 4 is 105 Å². The molecular formula is C82H76N4. The number of hydrogen-bond donors (Lipinski definition) is 0. The fraction of sp³-hybridized carbons (Fsp3) is 0.220. The van der Waals surface area contributed by atoms with Gasteiger partial charge in [0, 0.05) is 65.6 Å². The zero-order valence-electron chi connectivity index (χ0n) is 51.9. The Morgan fingerprint density at radius 3 is 1.34 bits per heavy atom. The van der Waals surface area contributed by atoms with Crippen molar-refractivity contribution in [2.45, 2.75) is 112 Å². The Labute approximate surface area is 506 Å². The highest BCUT2D eigenvalue weighted by molar-refractivity contribution is 6.32. The van der Waals surface area contributed by atoms with E-state index >= 15 is 0 Å². The summed E-state index contributed by atoms with van der Waals surface area (Å²) in [6, 6.07) is 78.4. The van der Waals surface area contributed by atoms with E-state index in [1.165, 1.54) is 132 Å². The third kappa shape index (κ3) is 8.23. The van der Waals surface area contributed by atoms with Crippen LogP contribution in [0.25, 0.3) is 98.4 Å². The van der Waals surface area contributed by atoms with Gasteiger partial charge in [0.05, 0.1) is 56.2 Å². The number of anilines is 5. The van der Waals surface area contributed by atoms with E-state index in [4.69, 9.17) is 0 Å². The summed E-state index contributed by atoms with van der Waals surface area (Å²) in [6.45, 7) is 28.2. The number of nitrogens with zero attached hydrogens (tertiary/aromatic N) is 4. The molecule has 86 heavy (non-hydrogen) atoms. The number of hydrogen-bond acceptors (Lipinski definition) is 2. The normalized spacial score (nSPS) is 14.6. The van der Waals surface area contributed by atoms with Crippen LogP contribution in [-0.4, -0.2) is 14.8 Å². The molecule has 0 N–H and O–H groups in total. The molecule has 15 rings (SSSR count). The van der Waals surface area contributed by atoms with E-state index in [2.05, 4.69) is 326 Å². The summed E-state index contributed by atoms with van der Waals surface area (Å²) in [5.41, 5.74) is 23.4. The van der Waals surface area contributed by atoms with Crippen LogP contribution in [0.1, 0.15) is 106 Å². The number of para-hydroxylation sites is 4. The summed E-state index contributed by atoms with van der Waals surface area (Å²) in [6.07, 6.45) is 8.26. The van der Waals surface area contributed by atoms with Crippen molar-refractivity contribution in [1.29, 1.82) is 0 Å². The Morgan fingerprint density at radius 1 is 0.372 bits per heavy atom. The molecule has 4 aromatic heterocycles. The predicted molar refractivity (Wildman–Crippen MR) is 371 cm³/mol. The highest BCUT2D eigenvalue weighted by atomic mass is 15.2. The van der Waals surface area contributed by atoms with Crippen molar-refractivity contribution in [3.63, 3.8) is 0 Å². The van der Waals surface area contributed by atoms with Gasteiger partial charge in [-0.2, -0.15) is 0 Å². The molecule has 4 heterocycles. The first-order chi connectivity index (χ1) is 41.3. The van der Waals surface area contributed by atoms with Gasteiger partial charge >= 0.3 is 0 Å². The van der Waals surface area contributed by atoms with E-state index in [-0.39, 0.29) is 27.7 Å². The molecule has 0 saturated carbocycles. The number of aromatic nitrogens is 2. The van der Waals surface area contributed by atoms with Gasteiger partial charge in [-0.25, -0.2) is 0 Å². The second kappa shape index (κ2) is 19.2. The van der Waals surface area contributed by atoms with E-state index in [9.17, 15) is 0 Å². The van der Waals surface area contributed by atoms with E-state index in [1.807, 2.05) is 0 Å². The average Bonchev–Trinajstić information content (AvgIpc) is 1.52. The smallest absolute Gasteiger partial charge is 0.0641 e. The predicted octanol–water partition coefficient (Wildman–Crippen LogP) is 23.1. The lowest BCUT2D eigenvalue weighted by atomic mass is 9.82. The largest absolute Gasteiger partial charge is 0.333 e. The average molecular weight is 1120 g/mol. The summed E-state index contributed by atoms with van der Waals surface area (Å²) in [5.74, 6) is 0. The van der Waals surface area contributed by atoms with Gasteiger partial charge in [-0.05, 0) is 110 Å². The summed E-state index contributed by atoms with van der Waals surface area (Å²) >= 11 is 0. The molecule has 10 aromatic carbocycles. The van der Waals surface area contributed by atoms with Crippen LogP contribution in [0.15, 0.2) is 230 Å². The highest BCUT2D eigenvalue weighted by Gasteiger charge is 2.34. The maximum atomic E-state index is 2.68. The van der Waals surface area contributed by atoms with Crippen molar-refractivity contribution in [2.75, 3.05) is 9.80 Å². The third-order valence-corrected chi connectivity index (χ3v) is 18.9. The van der Waals surface area contributed by atoms with Gasteiger partial charge < -0.3 is 18.6 Å². The van der Waals surface area contributed by atoms with Gasteiger partial charge in [0.2, 0.25) is 0 Å². The zero-order valence-corrected chi connectivity index (χ0v) is 51.9. The lowest BCUT2D eigenvalue weighted by Gasteiger charge is -2.36. The second-order valence-corrected chi connectivity index (χ2v) is 28.5. The molecule has 1 unspecified atom stereocenters. The minimum absolute atomic E-state index is 0.00779. The Hall–Kier alpha value is -9.12. The lowest BCUT2D eigenvalue weighted by Crippen LogP contribution is -2.31. The topological polar surface area (TPSA) is 15.3 Å². The Kier molecular flexibility index (Phi) is 12.0. The van der Waals surface area contributed by atoms with E-state index in [1.54, 1.807) is 0 Å². The van der Waals surface area contributed by atoms with E-state index in [0.717, 1.165) is 23.5 Å². The molecule has 0 spiro atoms. The first-order valence-corrected chi connectivity index (χ1v) is 31.0. The fourth-order valence-electron chi connectivity index (χ4n) is 14.7. The maximum absolute atomic E-state index is 2.68. The van der Waals surface area contributed by atoms with E-state index in [0.29, 0.717) is 0 Å². The van der Waals surface area contributed by atoms with E-state index < -0.39 is 0 Å². The Morgan fingerprint density at radius 2 is 0.849 bits per heavy atom. The van der Waals surface area contributed by atoms with Crippen molar-refractivity contribution < 1.29 is 0 Å². The van der Waals surface area contributed by atoms with Crippen LogP contribution >= 0.6 is 0 Å². The molecule has 0 amide bonds. The zero-order chi connectivity index (χ0) is 59.3.